The summed E-state index contributed by atoms with van der Waals surface area (Å²) < 4.78 is 32.3. The molecule has 2 aromatic carbocycles. The zero-order valence-corrected chi connectivity index (χ0v) is 16.7. The predicted octanol–water partition coefficient (Wildman–Crippen LogP) is 2.37. The van der Waals surface area contributed by atoms with Crippen LogP contribution in [-0.2, 0) is 10.0 Å². The molecule has 1 aliphatic rings. The first-order valence-corrected chi connectivity index (χ1v) is 10.3. The van der Waals surface area contributed by atoms with Crippen LogP contribution in [0.25, 0.3) is 0 Å². The Hall–Kier alpha value is -2.60. The maximum atomic E-state index is 12.9. The lowest BCUT2D eigenvalue weighted by atomic mass is 10.1. The Morgan fingerprint density at radius 2 is 1.86 bits per heavy atom. The molecule has 3 rings (SSSR count). The lowest BCUT2D eigenvalue weighted by Crippen LogP contribution is -2.50. The highest BCUT2D eigenvalue weighted by Crippen LogP contribution is 2.25. The van der Waals surface area contributed by atoms with E-state index in [1.807, 2.05) is 6.07 Å². The molecular formula is C19H18ClN3O4S. The van der Waals surface area contributed by atoms with Crippen LogP contribution in [0.1, 0.15) is 15.9 Å². The minimum Gasteiger partial charge on any atom is -0.497 e. The maximum Gasteiger partial charge on any atom is 0.254 e. The molecule has 0 atom stereocenters. The van der Waals surface area contributed by atoms with Gasteiger partial charge in [0, 0.05) is 36.8 Å². The Labute approximate surface area is 168 Å². The van der Waals surface area contributed by atoms with E-state index in [4.69, 9.17) is 16.3 Å². The van der Waals surface area contributed by atoms with E-state index in [1.165, 1.54) is 29.6 Å². The van der Waals surface area contributed by atoms with Crippen molar-refractivity contribution in [2.24, 2.45) is 0 Å². The van der Waals surface area contributed by atoms with Crippen LogP contribution in [0.15, 0.2) is 47.4 Å². The van der Waals surface area contributed by atoms with E-state index in [1.54, 1.807) is 29.2 Å². The number of rotatable bonds is 4. The number of piperazine rings is 1. The van der Waals surface area contributed by atoms with Gasteiger partial charge in [-0.1, -0.05) is 17.7 Å². The summed E-state index contributed by atoms with van der Waals surface area (Å²) in [5, 5.41) is 9.46. The third kappa shape index (κ3) is 3.97. The van der Waals surface area contributed by atoms with Gasteiger partial charge >= 0.3 is 0 Å². The Bertz CT molecular complexity index is 1040. The highest BCUT2D eigenvalue weighted by atomic mass is 35.5. The number of nitriles is 1. The summed E-state index contributed by atoms with van der Waals surface area (Å²) in [4.78, 5) is 14.2. The second-order valence-corrected chi connectivity index (χ2v) is 8.52. The van der Waals surface area contributed by atoms with E-state index >= 15 is 0 Å². The monoisotopic (exact) mass is 419 g/mol. The van der Waals surface area contributed by atoms with Gasteiger partial charge in [-0.05, 0) is 36.4 Å². The van der Waals surface area contributed by atoms with Crippen molar-refractivity contribution in [1.29, 1.82) is 5.26 Å². The summed E-state index contributed by atoms with van der Waals surface area (Å²) in [7, 11) is -2.36. The number of nitrogens with zero attached hydrogens (tertiary/aromatic N) is 3. The zero-order valence-electron chi connectivity index (χ0n) is 15.1. The molecular weight excluding hydrogens is 402 g/mol. The quantitative estimate of drug-likeness (QED) is 0.758. The summed E-state index contributed by atoms with van der Waals surface area (Å²) >= 11 is 5.92. The fourth-order valence-corrected chi connectivity index (χ4v) is 4.84. The van der Waals surface area contributed by atoms with Gasteiger partial charge in [0.15, 0.2) is 0 Å². The van der Waals surface area contributed by atoms with E-state index in [-0.39, 0.29) is 47.6 Å². The largest absolute Gasteiger partial charge is 0.497 e. The lowest BCUT2D eigenvalue weighted by molar-refractivity contribution is 0.0697. The number of hydrogen-bond donors (Lipinski definition) is 0. The van der Waals surface area contributed by atoms with Crippen LogP contribution < -0.4 is 4.74 Å². The predicted molar refractivity (Wildman–Crippen MR) is 104 cm³/mol. The number of carbonyl (C=O) groups is 1. The summed E-state index contributed by atoms with van der Waals surface area (Å²) in [6.45, 7) is 0.764. The molecule has 1 heterocycles. The number of amides is 1. The van der Waals surface area contributed by atoms with E-state index in [0.717, 1.165) is 0 Å². The van der Waals surface area contributed by atoms with Crippen LogP contribution in [0.2, 0.25) is 5.02 Å². The van der Waals surface area contributed by atoms with Crippen molar-refractivity contribution < 1.29 is 17.9 Å². The molecule has 0 spiro atoms. The molecule has 0 saturated carbocycles. The molecule has 2 aromatic rings. The fourth-order valence-electron chi connectivity index (χ4n) is 3.01. The topological polar surface area (TPSA) is 90.7 Å². The molecule has 0 radical (unpaired) electrons. The molecule has 9 heteroatoms. The van der Waals surface area contributed by atoms with Crippen LogP contribution in [0.4, 0.5) is 0 Å². The number of benzene rings is 2. The Morgan fingerprint density at radius 3 is 2.50 bits per heavy atom. The van der Waals surface area contributed by atoms with Crippen molar-refractivity contribution in [3.63, 3.8) is 0 Å². The minimum atomic E-state index is -3.88. The van der Waals surface area contributed by atoms with E-state index in [2.05, 4.69) is 0 Å². The molecule has 0 unspecified atom stereocenters. The number of halogens is 1. The van der Waals surface area contributed by atoms with Gasteiger partial charge in [0.25, 0.3) is 5.91 Å². The van der Waals surface area contributed by atoms with Gasteiger partial charge in [0.05, 0.1) is 12.7 Å². The van der Waals surface area contributed by atoms with E-state index in [0.29, 0.717) is 11.3 Å². The van der Waals surface area contributed by atoms with Gasteiger partial charge in [0.1, 0.15) is 16.7 Å². The molecule has 146 valence electrons. The summed E-state index contributed by atoms with van der Waals surface area (Å²) in [6.07, 6.45) is 0. The number of hydrogen-bond acceptors (Lipinski definition) is 5. The minimum absolute atomic E-state index is 0.0410. The van der Waals surface area contributed by atoms with Crippen LogP contribution in [0.3, 0.4) is 0 Å². The normalized spacial score (nSPS) is 15.1. The molecule has 28 heavy (non-hydrogen) atoms. The van der Waals surface area contributed by atoms with Gasteiger partial charge in [-0.3, -0.25) is 4.79 Å². The highest BCUT2D eigenvalue weighted by Gasteiger charge is 2.32. The van der Waals surface area contributed by atoms with Gasteiger partial charge in [0.2, 0.25) is 10.0 Å². The number of carbonyl (C=O) groups excluding carboxylic acids is 1. The molecule has 1 saturated heterocycles. The van der Waals surface area contributed by atoms with Crippen molar-refractivity contribution in [2.45, 2.75) is 4.90 Å². The summed E-state index contributed by atoms with van der Waals surface area (Å²) in [6, 6.07) is 12.9. The van der Waals surface area contributed by atoms with Crippen LogP contribution in [-0.4, -0.2) is 56.8 Å². The molecule has 7 nitrogen and oxygen atoms in total. The van der Waals surface area contributed by atoms with Crippen LogP contribution in [0, 0.1) is 11.3 Å². The molecule has 0 N–H and O–H groups in total. The van der Waals surface area contributed by atoms with Gasteiger partial charge in [-0.15, -0.1) is 0 Å². The summed E-state index contributed by atoms with van der Waals surface area (Å²) in [5.41, 5.74) is 0.525. The number of sulfonamides is 1. The first-order valence-electron chi connectivity index (χ1n) is 8.50. The average molecular weight is 420 g/mol. The van der Waals surface area contributed by atoms with Crippen molar-refractivity contribution >= 4 is 27.5 Å². The van der Waals surface area contributed by atoms with Crippen molar-refractivity contribution in [3.05, 3.63) is 58.6 Å². The standard InChI is InChI=1S/C19H18ClN3O4S/c1-27-17-4-2-3-14(11-17)19(24)22-7-9-23(10-8-22)28(25,26)18-12-16(20)6-5-15(18)13-21/h2-6,11-12H,7-10H2,1H3. The number of methoxy groups -OCH3 is 1. The van der Waals surface area contributed by atoms with E-state index < -0.39 is 10.0 Å². The average Bonchev–Trinajstić information content (AvgIpc) is 2.73. The molecule has 1 fully saturated rings. The van der Waals surface area contributed by atoms with Crippen molar-refractivity contribution in [2.75, 3.05) is 33.3 Å². The van der Waals surface area contributed by atoms with Crippen LogP contribution in [0.5, 0.6) is 5.75 Å². The number of ether oxygens (including phenoxy) is 1. The maximum absolute atomic E-state index is 12.9. The van der Waals surface area contributed by atoms with Gasteiger partial charge in [-0.2, -0.15) is 9.57 Å². The fraction of sp³-hybridized carbons (Fsp3) is 0.263. The highest BCUT2D eigenvalue weighted by molar-refractivity contribution is 7.89. The second-order valence-electron chi connectivity index (χ2n) is 6.18. The lowest BCUT2D eigenvalue weighted by Gasteiger charge is -2.34. The molecule has 0 aromatic heterocycles. The Balaban J connectivity index is 1.75. The third-order valence-corrected chi connectivity index (χ3v) is 6.70. The zero-order chi connectivity index (χ0) is 20.3. The second kappa shape index (κ2) is 8.19. The van der Waals surface area contributed by atoms with Crippen molar-refractivity contribution in [1.82, 2.24) is 9.21 Å². The molecule has 0 aliphatic carbocycles. The first-order chi connectivity index (χ1) is 13.4. The van der Waals surface area contributed by atoms with Gasteiger partial charge in [-0.25, -0.2) is 8.42 Å². The summed E-state index contributed by atoms with van der Waals surface area (Å²) in [5.74, 6) is 0.397. The van der Waals surface area contributed by atoms with Crippen molar-refractivity contribution in [3.8, 4) is 11.8 Å². The van der Waals surface area contributed by atoms with E-state index in [9.17, 15) is 18.5 Å². The third-order valence-electron chi connectivity index (χ3n) is 4.52. The molecule has 0 bridgehead atoms. The Morgan fingerprint density at radius 1 is 1.14 bits per heavy atom. The molecule has 1 amide bonds. The molecule has 1 aliphatic heterocycles. The smallest absolute Gasteiger partial charge is 0.254 e. The SMILES string of the molecule is COc1cccc(C(=O)N2CCN(S(=O)(=O)c3cc(Cl)ccc3C#N)CC2)c1. The first kappa shape index (κ1) is 20.1. The van der Waals surface area contributed by atoms with Crippen LogP contribution >= 0.6 is 11.6 Å². The Kier molecular flexibility index (Phi) is 5.89. The van der Waals surface area contributed by atoms with Gasteiger partial charge < -0.3 is 9.64 Å².